The van der Waals surface area contributed by atoms with Gasteiger partial charge in [-0.25, -0.2) is 9.69 Å². The minimum atomic E-state index is -1.25. The van der Waals surface area contributed by atoms with Crippen LogP contribution in [0.1, 0.15) is 41.4 Å². The van der Waals surface area contributed by atoms with Crippen LogP contribution in [0, 0.1) is 0 Å². The van der Waals surface area contributed by atoms with E-state index in [4.69, 9.17) is 11.6 Å². The van der Waals surface area contributed by atoms with Crippen LogP contribution in [0.3, 0.4) is 0 Å². The number of rotatable bonds is 4. The fourth-order valence-electron chi connectivity index (χ4n) is 3.19. The van der Waals surface area contributed by atoms with Crippen molar-refractivity contribution in [3.8, 4) is 0 Å². The second-order valence-electron chi connectivity index (χ2n) is 6.49. The standard InChI is InChI=1S/C22H13ClN2O5/c23-13-7-9-18(17(11-13)22(29)30)24-19(26)12-6-8-15-16(10-12)21(28)25(20(15)27)14-4-2-1-3-5-14/h1-11H,(H,24,26)(H,29,30). The highest BCUT2D eigenvalue weighted by molar-refractivity contribution is 6.35. The van der Waals surface area contributed by atoms with Gasteiger partial charge in [0.25, 0.3) is 17.7 Å². The molecule has 0 spiro atoms. The van der Waals surface area contributed by atoms with Gasteiger partial charge in [0.15, 0.2) is 0 Å². The topological polar surface area (TPSA) is 104 Å². The van der Waals surface area contributed by atoms with Crippen molar-refractivity contribution >= 4 is 46.7 Å². The Hall–Kier alpha value is -3.97. The lowest BCUT2D eigenvalue weighted by Crippen LogP contribution is -2.29. The van der Waals surface area contributed by atoms with Gasteiger partial charge in [0.2, 0.25) is 0 Å². The summed E-state index contributed by atoms with van der Waals surface area (Å²) in [7, 11) is 0. The van der Waals surface area contributed by atoms with E-state index in [1.807, 2.05) is 0 Å². The van der Waals surface area contributed by atoms with Gasteiger partial charge in [-0.2, -0.15) is 0 Å². The van der Waals surface area contributed by atoms with Crippen LogP contribution in [0.4, 0.5) is 11.4 Å². The monoisotopic (exact) mass is 420 g/mol. The molecule has 0 unspecified atom stereocenters. The molecule has 8 heteroatoms. The number of nitrogens with one attached hydrogen (secondary N) is 1. The Morgan fingerprint density at radius 1 is 0.867 bits per heavy atom. The summed E-state index contributed by atoms with van der Waals surface area (Å²) >= 11 is 5.82. The van der Waals surface area contributed by atoms with Crippen molar-refractivity contribution in [2.45, 2.75) is 0 Å². The highest BCUT2D eigenvalue weighted by Gasteiger charge is 2.37. The highest BCUT2D eigenvalue weighted by Crippen LogP contribution is 2.29. The van der Waals surface area contributed by atoms with Crippen molar-refractivity contribution in [3.63, 3.8) is 0 Å². The molecule has 3 aromatic carbocycles. The van der Waals surface area contributed by atoms with Crippen LogP contribution >= 0.6 is 11.6 Å². The number of nitrogens with zero attached hydrogens (tertiary/aromatic N) is 1. The van der Waals surface area contributed by atoms with Crippen molar-refractivity contribution in [2.75, 3.05) is 10.2 Å². The predicted molar refractivity (Wildman–Crippen MR) is 110 cm³/mol. The number of benzene rings is 3. The molecule has 1 heterocycles. The van der Waals surface area contributed by atoms with Crippen LogP contribution in [0.2, 0.25) is 5.02 Å². The predicted octanol–water partition coefficient (Wildman–Crippen LogP) is 4.09. The molecule has 0 saturated carbocycles. The van der Waals surface area contributed by atoms with Crippen LogP contribution in [-0.2, 0) is 0 Å². The minimum Gasteiger partial charge on any atom is -0.478 e. The molecule has 1 aliphatic rings. The third-order valence-corrected chi connectivity index (χ3v) is 4.86. The normalized spacial score (nSPS) is 12.6. The molecule has 3 amide bonds. The van der Waals surface area contributed by atoms with Gasteiger partial charge in [-0.1, -0.05) is 29.8 Å². The van der Waals surface area contributed by atoms with Crippen molar-refractivity contribution in [1.29, 1.82) is 0 Å². The fourth-order valence-corrected chi connectivity index (χ4v) is 3.36. The summed E-state index contributed by atoms with van der Waals surface area (Å²) in [5.41, 5.74) is 0.728. The van der Waals surface area contributed by atoms with E-state index in [1.54, 1.807) is 30.3 Å². The molecule has 148 valence electrons. The first-order valence-corrected chi connectivity index (χ1v) is 9.16. The number of carboxylic acid groups (broad SMARTS) is 1. The van der Waals surface area contributed by atoms with E-state index in [-0.39, 0.29) is 33.0 Å². The smallest absolute Gasteiger partial charge is 0.337 e. The Bertz CT molecular complexity index is 1220. The summed E-state index contributed by atoms with van der Waals surface area (Å²) in [5, 5.41) is 12.0. The molecule has 1 aliphatic heterocycles. The molecule has 0 aliphatic carbocycles. The van der Waals surface area contributed by atoms with Gasteiger partial charge in [0.1, 0.15) is 0 Å². The van der Waals surface area contributed by atoms with Gasteiger partial charge in [-0.3, -0.25) is 14.4 Å². The summed E-state index contributed by atoms with van der Waals surface area (Å²) in [5.74, 6) is -2.88. The first kappa shape index (κ1) is 19.4. The molecule has 0 fully saturated rings. The van der Waals surface area contributed by atoms with E-state index in [2.05, 4.69) is 5.32 Å². The Morgan fingerprint density at radius 2 is 1.57 bits per heavy atom. The summed E-state index contributed by atoms with van der Waals surface area (Å²) in [6, 6.07) is 16.7. The summed E-state index contributed by atoms with van der Waals surface area (Å²) in [4.78, 5) is 50.6. The van der Waals surface area contributed by atoms with Crippen molar-refractivity contribution in [2.24, 2.45) is 0 Å². The van der Waals surface area contributed by atoms with Crippen molar-refractivity contribution in [3.05, 3.63) is 94.0 Å². The molecule has 30 heavy (non-hydrogen) atoms. The number of carbonyl (C=O) groups is 4. The zero-order valence-corrected chi connectivity index (χ0v) is 16.0. The Morgan fingerprint density at radius 3 is 2.27 bits per heavy atom. The number of hydrogen-bond acceptors (Lipinski definition) is 4. The van der Waals surface area contributed by atoms with Gasteiger partial charge in [-0.05, 0) is 48.5 Å². The van der Waals surface area contributed by atoms with Gasteiger partial charge in [-0.15, -0.1) is 0 Å². The molecule has 0 aromatic heterocycles. The van der Waals surface area contributed by atoms with Crippen LogP contribution in [0.5, 0.6) is 0 Å². The van der Waals surface area contributed by atoms with Gasteiger partial charge in [0, 0.05) is 10.6 Å². The van der Waals surface area contributed by atoms with Crippen LogP contribution in [-0.4, -0.2) is 28.8 Å². The van der Waals surface area contributed by atoms with E-state index in [0.717, 1.165) is 4.90 Å². The number of carboxylic acids is 1. The maximum absolute atomic E-state index is 12.8. The number of halogens is 1. The second-order valence-corrected chi connectivity index (χ2v) is 6.93. The molecular weight excluding hydrogens is 408 g/mol. The van der Waals surface area contributed by atoms with E-state index in [1.165, 1.54) is 36.4 Å². The van der Waals surface area contributed by atoms with E-state index in [9.17, 15) is 24.3 Å². The Kier molecular flexibility index (Phi) is 4.81. The number of anilines is 2. The second kappa shape index (κ2) is 7.46. The lowest BCUT2D eigenvalue weighted by Gasteiger charge is -2.13. The molecule has 0 saturated heterocycles. The zero-order valence-electron chi connectivity index (χ0n) is 15.3. The summed E-state index contributed by atoms with van der Waals surface area (Å²) in [6.07, 6.45) is 0. The Labute approximate surface area is 175 Å². The number of amides is 3. The van der Waals surface area contributed by atoms with E-state index in [0.29, 0.717) is 5.69 Å². The van der Waals surface area contributed by atoms with Crippen LogP contribution in [0.15, 0.2) is 66.7 Å². The molecule has 0 atom stereocenters. The van der Waals surface area contributed by atoms with Crippen molar-refractivity contribution < 1.29 is 24.3 Å². The summed E-state index contributed by atoms with van der Waals surface area (Å²) in [6.45, 7) is 0. The lowest BCUT2D eigenvalue weighted by atomic mass is 10.0. The summed E-state index contributed by atoms with van der Waals surface area (Å²) < 4.78 is 0. The number of para-hydroxylation sites is 1. The quantitative estimate of drug-likeness (QED) is 0.618. The third kappa shape index (κ3) is 3.31. The largest absolute Gasteiger partial charge is 0.478 e. The Balaban J connectivity index is 1.65. The van der Waals surface area contributed by atoms with Crippen molar-refractivity contribution in [1.82, 2.24) is 0 Å². The van der Waals surface area contributed by atoms with Gasteiger partial charge in [0.05, 0.1) is 28.1 Å². The SMILES string of the molecule is O=C(Nc1ccc(Cl)cc1C(=O)O)c1ccc2c(c1)C(=O)N(c1ccccc1)C2=O. The zero-order chi connectivity index (χ0) is 21.4. The van der Waals surface area contributed by atoms with Crippen LogP contribution in [0.25, 0.3) is 0 Å². The average molecular weight is 421 g/mol. The number of carbonyl (C=O) groups excluding carboxylic acids is 3. The molecule has 2 N–H and O–H groups in total. The van der Waals surface area contributed by atoms with E-state index < -0.39 is 23.7 Å². The molecule has 4 rings (SSSR count). The maximum Gasteiger partial charge on any atom is 0.337 e. The fraction of sp³-hybridized carbons (Fsp3) is 0. The highest BCUT2D eigenvalue weighted by atomic mass is 35.5. The molecular formula is C22H13ClN2O5. The molecule has 0 bridgehead atoms. The minimum absolute atomic E-state index is 0.0608. The first-order chi connectivity index (χ1) is 14.4. The van der Waals surface area contributed by atoms with Crippen LogP contribution < -0.4 is 10.2 Å². The third-order valence-electron chi connectivity index (χ3n) is 4.62. The molecule has 3 aromatic rings. The number of hydrogen-bond donors (Lipinski definition) is 2. The number of fused-ring (bicyclic) bond motifs is 1. The average Bonchev–Trinajstić information content (AvgIpc) is 2.99. The van der Waals surface area contributed by atoms with E-state index >= 15 is 0 Å². The maximum atomic E-state index is 12.8. The number of aromatic carboxylic acids is 1. The first-order valence-electron chi connectivity index (χ1n) is 8.79. The number of imide groups is 1. The molecule has 7 nitrogen and oxygen atoms in total. The molecule has 0 radical (unpaired) electrons. The van der Waals surface area contributed by atoms with Gasteiger partial charge >= 0.3 is 5.97 Å². The lowest BCUT2D eigenvalue weighted by molar-refractivity contribution is 0.0697. The van der Waals surface area contributed by atoms with Gasteiger partial charge < -0.3 is 10.4 Å².